The number of nitrogens with one attached hydrogen (secondary N) is 2. The van der Waals surface area contributed by atoms with Crippen LogP contribution in [0.1, 0.15) is 29.5 Å². The van der Waals surface area contributed by atoms with E-state index in [1.165, 1.54) is 16.0 Å². The Morgan fingerprint density at radius 1 is 1.00 bits per heavy atom. The van der Waals surface area contributed by atoms with Crippen molar-refractivity contribution < 1.29 is 9.69 Å². The lowest BCUT2D eigenvalue weighted by atomic mass is 9.95. The van der Waals surface area contributed by atoms with Crippen LogP contribution in [-0.4, -0.2) is 33.3 Å². The molecule has 0 radical (unpaired) electrons. The smallest absolute Gasteiger partial charge is 0.223 e. The molecule has 1 amide bonds. The highest BCUT2D eigenvalue weighted by molar-refractivity contribution is 5.78. The Morgan fingerprint density at radius 3 is 2.41 bits per heavy atom. The fourth-order valence-corrected chi connectivity index (χ4v) is 4.78. The zero-order valence-electron chi connectivity index (χ0n) is 19.7. The summed E-state index contributed by atoms with van der Waals surface area (Å²) in [6.07, 6.45) is 7.97. The van der Waals surface area contributed by atoms with Gasteiger partial charge >= 0.3 is 0 Å². The van der Waals surface area contributed by atoms with Crippen LogP contribution in [0.4, 0.5) is 0 Å². The van der Waals surface area contributed by atoms with Crippen molar-refractivity contribution in [3.05, 3.63) is 102 Å². The normalized spacial score (nSPS) is 18.0. The first-order chi connectivity index (χ1) is 16.7. The largest absolute Gasteiger partial charge is 0.352 e. The number of likely N-dealkylation sites (tertiary alicyclic amines) is 1. The minimum atomic E-state index is 0.102. The third-order valence-electron chi connectivity index (χ3n) is 6.76. The summed E-state index contributed by atoms with van der Waals surface area (Å²) in [5.41, 5.74) is 4.66. The summed E-state index contributed by atoms with van der Waals surface area (Å²) in [5, 5.41) is 7.86. The van der Waals surface area contributed by atoms with Crippen LogP contribution in [0.5, 0.6) is 0 Å². The molecule has 3 heterocycles. The minimum absolute atomic E-state index is 0.102. The van der Waals surface area contributed by atoms with E-state index in [-0.39, 0.29) is 11.8 Å². The first kappa shape index (κ1) is 22.2. The van der Waals surface area contributed by atoms with Crippen molar-refractivity contribution in [2.75, 3.05) is 13.1 Å². The van der Waals surface area contributed by atoms with Gasteiger partial charge in [-0.1, -0.05) is 48.0 Å². The molecular weight excluding hydrogens is 422 g/mol. The number of amides is 1. The average molecular weight is 455 g/mol. The second-order valence-electron chi connectivity index (χ2n) is 9.24. The number of para-hydroxylation sites is 1. The molecular formula is C28H32N5O+. The van der Waals surface area contributed by atoms with E-state index >= 15 is 0 Å². The van der Waals surface area contributed by atoms with Gasteiger partial charge in [0.1, 0.15) is 12.4 Å². The Hall–Kier alpha value is -3.64. The topological polar surface area (TPSA) is 56.3 Å². The van der Waals surface area contributed by atoms with Crippen LogP contribution in [0.15, 0.2) is 85.3 Å². The molecule has 4 aromatic rings. The fraction of sp³-hybridized carbons (Fsp3) is 0.286. The molecule has 1 fully saturated rings. The zero-order chi connectivity index (χ0) is 23.3. The highest BCUT2D eigenvalue weighted by atomic mass is 16.1. The Morgan fingerprint density at radius 2 is 1.71 bits per heavy atom. The van der Waals surface area contributed by atoms with Crippen LogP contribution < -0.4 is 10.2 Å². The summed E-state index contributed by atoms with van der Waals surface area (Å²) < 4.78 is 4.15. The monoisotopic (exact) mass is 454 g/mol. The number of aryl methyl sites for hydroxylation is 1. The van der Waals surface area contributed by atoms with Gasteiger partial charge in [-0.15, -0.1) is 0 Å². The van der Waals surface area contributed by atoms with E-state index in [1.54, 1.807) is 0 Å². The molecule has 2 aromatic heterocycles. The maximum Gasteiger partial charge on any atom is 0.223 e. The molecule has 1 aliphatic rings. The number of nitrogens with zero attached hydrogens (tertiary/aromatic N) is 3. The molecule has 6 heteroatoms. The Bertz CT molecular complexity index is 1200. The van der Waals surface area contributed by atoms with E-state index in [4.69, 9.17) is 5.10 Å². The van der Waals surface area contributed by atoms with E-state index in [0.29, 0.717) is 6.54 Å². The second-order valence-corrected chi connectivity index (χ2v) is 9.24. The minimum Gasteiger partial charge on any atom is -0.352 e. The van der Waals surface area contributed by atoms with Gasteiger partial charge in [0, 0.05) is 37.7 Å². The standard InChI is InChI=1S/C28H31N5O/c1-22-9-11-23(12-10-22)19-29-27(34)24-13-17-31(18-14-24)21-25-20-30-33(26-7-3-2-4-8-26)28(25)32-15-5-6-16-32/h2-12,15-16,20,24H,13-14,17-19,21H2,1H3,(H,29,34)/p+1. The number of carbonyl (C=O) groups is 1. The third kappa shape index (κ3) is 4.97. The van der Waals surface area contributed by atoms with E-state index in [0.717, 1.165) is 49.5 Å². The third-order valence-corrected chi connectivity index (χ3v) is 6.76. The molecule has 2 aromatic carbocycles. The molecule has 0 bridgehead atoms. The number of carbonyl (C=O) groups excluding carboxylic acids is 1. The van der Waals surface area contributed by atoms with Crippen molar-refractivity contribution in [3.63, 3.8) is 0 Å². The van der Waals surface area contributed by atoms with Gasteiger partial charge in [0.2, 0.25) is 5.91 Å². The Balaban J connectivity index is 1.21. The zero-order valence-corrected chi connectivity index (χ0v) is 19.7. The van der Waals surface area contributed by atoms with E-state index in [9.17, 15) is 4.79 Å². The SMILES string of the molecule is Cc1ccc(CNC(=O)C2CC[NH+](Cc3cnn(-c4ccccc4)c3-n3cccc3)CC2)cc1. The van der Waals surface area contributed by atoms with Crippen molar-refractivity contribution in [1.29, 1.82) is 0 Å². The lowest BCUT2D eigenvalue weighted by Crippen LogP contribution is -3.11. The predicted molar refractivity (Wildman–Crippen MR) is 133 cm³/mol. The van der Waals surface area contributed by atoms with Crippen LogP contribution in [0.25, 0.3) is 11.5 Å². The highest BCUT2D eigenvalue weighted by Crippen LogP contribution is 2.20. The fourth-order valence-electron chi connectivity index (χ4n) is 4.78. The van der Waals surface area contributed by atoms with Gasteiger partial charge < -0.3 is 14.8 Å². The molecule has 0 spiro atoms. The van der Waals surface area contributed by atoms with Crippen molar-refractivity contribution >= 4 is 5.91 Å². The van der Waals surface area contributed by atoms with Gasteiger partial charge in [-0.05, 0) is 36.8 Å². The Kier molecular flexibility index (Phi) is 6.58. The number of quaternary nitrogens is 1. The molecule has 0 aliphatic carbocycles. The number of rotatable bonds is 7. The average Bonchev–Trinajstić information content (AvgIpc) is 3.54. The molecule has 2 N–H and O–H groups in total. The van der Waals surface area contributed by atoms with Crippen molar-refractivity contribution in [3.8, 4) is 11.5 Å². The first-order valence-electron chi connectivity index (χ1n) is 12.1. The number of piperidine rings is 1. The maximum absolute atomic E-state index is 12.7. The Labute approximate surface area is 200 Å². The number of benzene rings is 2. The molecule has 1 saturated heterocycles. The lowest BCUT2D eigenvalue weighted by Gasteiger charge is -2.28. The second kappa shape index (κ2) is 10.1. The van der Waals surface area contributed by atoms with E-state index in [1.807, 2.05) is 41.2 Å². The molecule has 0 unspecified atom stereocenters. The molecule has 0 atom stereocenters. The molecule has 5 rings (SSSR count). The summed E-state index contributed by atoms with van der Waals surface area (Å²) in [7, 11) is 0. The number of hydrogen-bond donors (Lipinski definition) is 2. The first-order valence-corrected chi connectivity index (χ1v) is 12.1. The summed E-state index contributed by atoms with van der Waals surface area (Å²) in [6.45, 7) is 5.56. The van der Waals surface area contributed by atoms with Crippen LogP contribution in [0, 0.1) is 12.8 Å². The van der Waals surface area contributed by atoms with Gasteiger partial charge in [-0.25, -0.2) is 4.68 Å². The summed E-state index contributed by atoms with van der Waals surface area (Å²) >= 11 is 0. The van der Waals surface area contributed by atoms with Gasteiger partial charge in [0.05, 0.1) is 30.5 Å². The van der Waals surface area contributed by atoms with E-state index < -0.39 is 0 Å². The van der Waals surface area contributed by atoms with Gasteiger partial charge in [-0.2, -0.15) is 5.10 Å². The quantitative estimate of drug-likeness (QED) is 0.451. The number of aromatic nitrogens is 3. The van der Waals surface area contributed by atoms with Gasteiger partial charge in [0.25, 0.3) is 0 Å². The van der Waals surface area contributed by atoms with Crippen molar-refractivity contribution in [2.45, 2.75) is 32.9 Å². The maximum atomic E-state index is 12.7. The lowest BCUT2D eigenvalue weighted by molar-refractivity contribution is -0.919. The molecule has 174 valence electrons. The molecule has 34 heavy (non-hydrogen) atoms. The van der Waals surface area contributed by atoms with Gasteiger partial charge in [0.15, 0.2) is 0 Å². The van der Waals surface area contributed by atoms with Crippen molar-refractivity contribution in [1.82, 2.24) is 19.7 Å². The molecule has 0 saturated carbocycles. The predicted octanol–water partition coefficient (Wildman–Crippen LogP) is 3.08. The van der Waals surface area contributed by atoms with Crippen LogP contribution in [0.2, 0.25) is 0 Å². The summed E-state index contributed by atoms with van der Waals surface area (Å²) in [6, 6.07) is 22.7. The van der Waals surface area contributed by atoms with Crippen molar-refractivity contribution in [2.24, 2.45) is 5.92 Å². The van der Waals surface area contributed by atoms with E-state index in [2.05, 4.69) is 65.6 Å². The summed E-state index contributed by atoms with van der Waals surface area (Å²) in [4.78, 5) is 14.2. The van der Waals surface area contributed by atoms with Crippen LogP contribution in [0.3, 0.4) is 0 Å². The van der Waals surface area contributed by atoms with Crippen LogP contribution in [-0.2, 0) is 17.9 Å². The molecule has 1 aliphatic heterocycles. The summed E-state index contributed by atoms with van der Waals surface area (Å²) in [5.74, 6) is 1.37. The van der Waals surface area contributed by atoms with Gasteiger partial charge in [-0.3, -0.25) is 4.79 Å². The molecule has 6 nitrogen and oxygen atoms in total. The van der Waals surface area contributed by atoms with Crippen LogP contribution >= 0.6 is 0 Å². The number of hydrogen-bond acceptors (Lipinski definition) is 2. The highest BCUT2D eigenvalue weighted by Gasteiger charge is 2.28.